The maximum Gasteiger partial charge on any atom is 0.221 e. The topological polar surface area (TPSA) is 89.8 Å². The summed E-state index contributed by atoms with van der Waals surface area (Å²) in [5.41, 5.74) is 7.09. The molecule has 3 heterocycles. The summed E-state index contributed by atoms with van der Waals surface area (Å²) in [6, 6.07) is 5.67. The molecule has 3 aromatic rings. The van der Waals surface area contributed by atoms with Gasteiger partial charge in [-0.3, -0.25) is 0 Å². The minimum atomic E-state index is -0.834. The summed E-state index contributed by atoms with van der Waals surface area (Å²) in [5.74, 6) is 6.12. The van der Waals surface area contributed by atoms with E-state index in [1.165, 1.54) is 0 Å². The quantitative estimate of drug-likeness (QED) is 0.667. The fourth-order valence-corrected chi connectivity index (χ4v) is 2.59. The molecule has 3 aromatic heterocycles. The van der Waals surface area contributed by atoms with E-state index in [2.05, 4.69) is 26.8 Å². The summed E-state index contributed by atoms with van der Waals surface area (Å²) in [6.45, 7) is 0. The highest BCUT2D eigenvalue weighted by molar-refractivity contribution is 5.78. The first-order chi connectivity index (χ1) is 11.1. The van der Waals surface area contributed by atoms with Gasteiger partial charge < -0.3 is 15.4 Å². The van der Waals surface area contributed by atoms with Crippen molar-refractivity contribution in [3.05, 3.63) is 42.5 Å². The van der Waals surface area contributed by atoms with Crippen molar-refractivity contribution in [2.75, 3.05) is 5.73 Å². The van der Waals surface area contributed by atoms with Gasteiger partial charge >= 0.3 is 0 Å². The zero-order chi connectivity index (χ0) is 15.9. The predicted molar refractivity (Wildman–Crippen MR) is 86.8 cm³/mol. The van der Waals surface area contributed by atoms with Gasteiger partial charge in [0, 0.05) is 24.0 Å². The lowest BCUT2D eigenvalue weighted by Gasteiger charge is -2.30. The van der Waals surface area contributed by atoms with Crippen LogP contribution in [0.1, 0.15) is 25.0 Å². The van der Waals surface area contributed by atoms with Crippen LogP contribution in [0.3, 0.4) is 0 Å². The maximum atomic E-state index is 10.1. The third-order valence-corrected chi connectivity index (χ3v) is 4.07. The molecule has 0 radical (unpaired) electrons. The van der Waals surface area contributed by atoms with Gasteiger partial charge in [-0.15, -0.1) is 0 Å². The first-order valence-electron chi connectivity index (χ1n) is 7.45. The van der Waals surface area contributed by atoms with Gasteiger partial charge in [0.2, 0.25) is 5.95 Å². The second-order valence-electron chi connectivity index (χ2n) is 5.73. The molecule has 0 atom stereocenters. The molecule has 1 aliphatic rings. The molecule has 0 aliphatic heterocycles. The van der Waals surface area contributed by atoms with Gasteiger partial charge in [0.15, 0.2) is 0 Å². The Morgan fingerprint density at radius 1 is 1.26 bits per heavy atom. The smallest absolute Gasteiger partial charge is 0.221 e. The van der Waals surface area contributed by atoms with Gasteiger partial charge in [0.25, 0.3) is 0 Å². The van der Waals surface area contributed by atoms with Crippen LogP contribution in [0.15, 0.2) is 36.8 Å². The van der Waals surface area contributed by atoms with Gasteiger partial charge in [-0.25, -0.2) is 9.97 Å². The summed E-state index contributed by atoms with van der Waals surface area (Å²) in [7, 11) is 0. The Hall–Kier alpha value is -2.91. The molecule has 6 nitrogen and oxygen atoms in total. The van der Waals surface area contributed by atoms with E-state index in [1.807, 2.05) is 29.0 Å². The van der Waals surface area contributed by atoms with Crippen LogP contribution in [0.2, 0.25) is 0 Å². The minimum Gasteiger partial charge on any atom is -0.378 e. The van der Waals surface area contributed by atoms with Crippen LogP contribution in [0.5, 0.6) is 0 Å². The lowest BCUT2D eigenvalue weighted by Crippen LogP contribution is -2.34. The number of anilines is 1. The summed E-state index contributed by atoms with van der Waals surface area (Å²) < 4.78 is 1.91. The van der Waals surface area contributed by atoms with Crippen molar-refractivity contribution >= 4 is 17.0 Å². The second-order valence-corrected chi connectivity index (χ2v) is 5.73. The lowest BCUT2D eigenvalue weighted by atomic mass is 9.81. The number of nitrogens with two attached hydrogens (primary N) is 1. The zero-order valence-corrected chi connectivity index (χ0v) is 12.4. The van der Waals surface area contributed by atoms with Crippen LogP contribution in [-0.4, -0.2) is 30.2 Å². The zero-order valence-electron chi connectivity index (χ0n) is 12.4. The Bertz CT molecular complexity index is 946. The van der Waals surface area contributed by atoms with Crippen molar-refractivity contribution in [1.29, 1.82) is 0 Å². The highest BCUT2D eigenvalue weighted by atomic mass is 16.3. The Morgan fingerprint density at radius 2 is 2.13 bits per heavy atom. The highest BCUT2D eigenvalue weighted by Gasteiger charge is 2.32. The van der Waals surface area contributed by atoms with Crippen molar-refractivity contribution in [3.8, 4) is 17.5 Å². The van der Waals surface area contributed by atoms with E-state index < -0.39 is 5.60 Å². The number of rotatable bonds is 1. The van der Waals surface area contributed by atoms with E-state index >= 15 is 0 Å². The monoisotopic (exact) mass is 305 g/mol. The number of nitrogen functional groups attached to an aromatic ring is 1. The molecule has 1 aliphatic carbocycles. The Balaban J connectivity index is 1.74. The van der Waals surface area contributed by atoms with Crippen LogP contribution >= 0.6 is 0 Å². The van der Waals surface area contributed by atoms with E-state index in [-0.39, 0.29) is 5.95 Å². The molecule has 1 saturated carbocycles. The molecule has 3 N–H and O–H groups in total. The fraction of sp³-hybridized carbons (Fsp3) is 0.235. The van der Waals surface area contributed by atoms with E-state index in [1.54, 1.807) is 12.4 Å². The molecule has 0 saturated heterocycles. The molecule has 114 valence electrons. The summed E-state index contributed by atoms with van der Waals surface area (Å²) >= 11 is 0. The molecular formula is C17H15N5O. The number of pyridine rings is 1. The Morgan fingerprint density at radius 3 is 2.91 bits per heavy atom. The van der Waals surface area contributed by atoms with Gasteiger partial charge in [-0.1, -0.05) is 5.92 Å². The predicted octanol–water partition coefficient (Wildman–Crippen LogP) is 1.66. The van der Waals surface area contributed by atoms with E-state index in [4.69, 9.17) is 5.73 Å². The molecular weight excluding hydrogens is 290 g/mol. The third kappa shape index (κ3) is 2.51. The first kappa shape index (κ1) is 13.7. The van der Waals surface area contributed by atoms with Gasteiger partial charge in [-0.2, -0.15) is 4.98 Å². The summed E-state index contributed by atoms with van der Waals surface area (Å²) in [4.78, 5) is 12.5. The van der Waals surface area contributed by atoms with E-state index in [0.717, 1.165) is 36.0 Å². The number of aromatic nitrogens is 4. The Kier molecular flexibility index (Phi) is 3.03. The molecule has 23 heavy (non-hydrogen) atoms. The normalized spacial score (nSPS) is 15.7. The lowest BCUT2D eigenvalue weighted by molar-refractivity contribution is 0.0239. The molecule has 0 spiro atoms. The SMILES string of the molecule is Nc1ncc2ccn(-c3ccnc(C#CC4(O)CCC4)c3)c2n1. The van der Waals surface area contributed by atoms with Crippen molar-refractivity contribution in [3.63, 3.8) is 0 Å². The molecule has 1 fully saturated rings. The number of hydrogen-bond donors (Lipinski definition) is 2. The summed E-state index contributed by atoms with van der Waals surface area (Å²) in [5, 5.41) is 11.0. The highest BCUT2D eigenvalue weighted by Crippen LogP contribution is 2.30. The number of hydrogen-bond acceptors (Lipinski definition) is 5. The van der Waals surface area contributed by atoms with Crippen LogP contribution in [-0.2, 0) is 0 Å². The standard InChI is InChI=1S/C17H15N5O/c18-16-20-11-12-4-9-22(15(12)21-16)14-3-8-19-13(10-14)2-7-17(23)5-1-6-17/h3-4,8-11,23H,1,5-6H2,(H2,18,20,21). The average Bonchev–Trinajstić information content (AvgIpc) is 2.94. The van der Waals surface area contributed by atoms with Crippen molar-refractivity contribution in [2.45, 2.75) is 24.9 Å². The van der Waals surface area contributed by atoms with Crippen LogP contribution in [0.4, 0.5) is 5.95 Å². The number of aliphatic hydroxyl groups is 1. The second kappa shape index (κ2) is 5.07. The molecule has 4 rings (SSSR count). The molecule has 0 amide bonds. The van der Waals surface area contributed by atoms with Gasteiger partial charge in [0.1, 0.15) is 16.9 Å². The van der Waals surface area contributed by atoms with Gasteiger partial charge in [-0.05, 0) is 43.4 Å². The van der Waals surface area contributed by atoms with Crippen molar-refractivity contribution in [2.24, 2.45) is 0 Å². The number of fused-ring (bicyclic) bond motifs is 1. The van der Waals surface area contributed by atoms with Crippen molar-refractivity contribution in [1.82, 2.24) is 19.5 Å². The molecule has 6 heteroatoms. The largest absolute Gasteiger partial charge is 0.378 e. The maximum absolute atomic E-state index is 10.1. The van der Waals surface area contributed by atoms with Crippen molar-refractivity contribution < 1.29 is 5.11 Å². The molecule has 0 aromatic carbocycles. The fourth-order valence-electron chi connectivity index (χ4n) is 2.59. The molecule has 0 unspecified atom stereocenters. The minimum absolute atomic E-state index is 0.235. The van der Waals surface area contributed by atoms with E-state index in [0.29, 0.717) is 5.69 Å². The average molecular weight is 305 g/mol. The van der Waals surface area contributed by atoms with Gasteiger partial charge in [0.05, 0.1) is 5.69 Å². The first-order valence-corrected chi connectivity index (χ1v) is 7.45. The van der Waals surface area contributed by atoms with E-state index in [9.17, 15) is 5.11 Å². The number of nitrogens with zero attached hydrogens (tertiary/aromatic N) is 4. The van der Waals surface area contributed by atoms with Crippen LogP contribution in [0.25, 0.3) is 16.7 Å². The Labute approximate surface area is 133 Å². The van der Waals surface area contributed by atoms with Crippen LogP contribution < -0.4 is 5.73 Å². The van der Waals surface area contributed by atoms with Crippen LogP contribution in [0, 0.1) is 11.8 Å². The molecule has 0 bridgehead atoms. The summed E-state index contributed by atoms with van der Waals surface area (Å²) in [6.07, 6.45) is 7.79. The third-order valence-electron chi connectivity index (χ3n) is 4.07.